The van der Waals surface area contributed by atoms with Crippen LogP contribution in [-0.2, 0) is 0 Å². The molecule has 3 rings (SSSR count). The van der Waals surface area contributed by atoms with Crippen molar-refractivity contribution >= 4 is 46.2 Å². The topological polar surface area (TPSA) is 58.0 Å². The molecule has 166 valence electrons. The number of hydrogen-bond acceptors (Lipinski definition) is 4. The SMILES string of the molecule is CCCOc1ccc(C(=O)NC(=S)Nc2ccc(N3CC[NH+](CC)CC3)c(Cl)c2)cc1. The molecule has 2 aromatic carbocycles. The van der Waals surface area contributed by atoms with Crippen LogP contribution in [0.5, 0.6) is 5.75 Å². The monoisotopic (exact) mass is 461 g/mol. The van der Waals surface area contributed by atoms with E-state index >= 15 is 0 Å². The third-order valence-electron chi connectivity index (χ3n) is 5.33. The number of amides is 1. The normalized spacial score (nSPS) is 14.2. The summed E-state index contributed by atoms with van der Waals surface area (Å²) in [5.74, 6) is 0.463. The van der Waals surface area contributed by atoms with Gasteiger partial charge in [-0.25, -0.2) is 0 Å². The molecule has 31 heavy (non-hydrogen) atoms. The van der Waals surface area contributed by atoms with Crippen LogP contribution in [0.3, 0.4) is 0 Å². The quantitative estimate of drug-likeness (QED) is 0.553. The van der Waals surface area contributed by atoms with Crippen LogP contribution in [0.1, 0.15) is 30.6 Å². The molecule has 3 N–H and O–H groups in total. The summed E-state index contributed by atoms with van der Waals surface area (Å²) < 4.78 is 5.54. The van der Waals surface area contributed by atoms with Crippen molar-refractivity contribution in [1.82, 2.24) is 5.32 Å². The number of halogens is 1. The van der Waals surface area contributed by atoms with Crippen molar-refractivity contribution in [2.45, 2.75) is 20.3 Å². The van der Waals surface area contributed by atoms with Crippen LogP contribution in [0.15, 0.2) is 42.5 Å². The van der Waals surface area contributed by atoms with Crippen molar-refractivity contribution in [3.8, 4) is 5.75 Å². The summed E-state index contributed by atoms with van der Waals surface area (Å²) in [5, 5.41) is 6.63. The molecule has 8 heteroatoms. The first kappa shape index (κ1) is 23.3. The number of anilines is 2. The molecule has 1 amide bonds. The number of rotatable bonds is 7. The zero-order chi connectivity index (χ0) is 22.2. The molecule has 0 bridgehead atoms. The number of ether oxygens (including phenoxy) is 1. The maximum atomic E-state index is 12.4. The number of hydrogen-bond donors (Lipinski definition) is 3. The first-order valence-corrected chi connectivity index (χ1v) is 11.5. The van der Waals surface area contributed by atoms with Gasteiger partial charge in [0.1, 0.15) is 5.75 Å². The highest BCUT2D eigenvalue weighted by molar-refractivity contribution is 7.80. The summed E-state index contributed by atoms with van der Waals surface area (Å²) in [6.45, 7) is 10.3. The summed E-state index contributed by atoms with van der Waals surface area (Å²) in [7, 11) is 0. The average molecular weight is 462 g/mol. The lowest BCUT2D eigenvalue weighted by Crippen LogP contribution is -3.14. The van der Waals surface area contributed by atoms with E-state index in [4.69, 9.17) is 28.6 Å². The molecule has 0 aromatic heterocycles. The standard InChI is InChI=1S/C23H29ClN4O2S/c1-3-15-30-19-8-5-17(6-9-19)22(29)26-23(31)25-18-7-10-21(20(24)16-18)28-13-11-27(4-2)12-14-28/h5-10,16H,3-4,11-15H2,1-2H3,(H2,25,26,29,31)/p+1. The van der Waals surface area contributed by atoms with Gasteiger partial charge in [-0.05, 0) is 68.0 Å². The molecule has 0 saturated carbocycles. The maximum absolute atomic E-state index is 12.4. The molecular formula is C23H30ClN4O2S+. The van der Waals surface area contributed by atoms with Crippen LogP contribution in [0, 0.1) is 0 Å². The predicted molar refractivity (Wildman–Crippen MR) is 131 cm³/mol. The van der Waals surface area contributed by atoms with E-state index in [2.05, 4.69) is 22.5 Å². The van der Waals surface area contributed by atoms with Gasteiger partial charge < -0.3 is 19.9 Å². The van der Waals surface area contributed by atoms with Crippen LogP contribution in [0.25, 0.3) is 0 Å². The molecule has 0 aliphatic carbocycles. The minimum Gasteiger partial charge on any atom is -0.494 e. The van der Waals surface area contributed by atoms with Crippen molar-refractivity contribution in [1.29, 1.82) is 0 Å². The Labute approximate surface area is 194 Å². The molecule has 0 atom stereocenters. The molecule has 1 aliphatic rings. The van der Waals surface area contributed by atoms with Gasteiger partial charge in [-0.1, -0.05) is 18.5 Å². The highest BCUT2D eigenvalue weighted by Gasteiger charge is 2.20. The number of thiocarbonyl (C=S) groups is 1. The van der Waals surface area contributed by atoms with E-state index < -0.39 is 0 Å². The second-order valence-corrected chi connectivity index (χ2v) is 8.35. The summed E-state index contributed by atoms with van der Waals surface area (Å²) in [5.41, 5.74) is 2.28. The molecule has 2 aromatic rings. The van der Waals surface area contributed by atoms with Gasteiger partial charge in [0, 0.05) is 11.3 Å². The smallest absolute Gasteiger partial charge is 0.257 e. The first-order chi connectivity index (χ1) is 15.0. The fourth-order valence-corrected chi connectivity index (χ4v) is 4.03. The van der Waals surface area contributed by atoms with Crippen molar-refractivity contribution in [3.05, 3.63) is 53.1 Å². The lowest BCUT2D eigenvalue weighted by Gasteiger charge is -2.33. The van der Waals surface area contributed by atoms with E-state index in [1.54, 1.807) is 29.2 Å². The third-order valence-corrected chi connectivity index (χ3v) is 5.84. The van der Waals surface area contributed by atoms with Crippen LogP contribution in [0.4, 0.5) is 11.4 Å². The molecule has 1 saturated heterocycles. The van der Waals surface area contributed by atoms with Gasteiger partial charge in [0.05, 0.1) is 50.0 Å². The maximum Gasteiger partial charge on any atom is 0.257 e. The second kappa shape index (κ2) is 11.3. The lowest BCUT2D eigenvalue weighted by atomic mass is 10.2. The number of nitrogens with one attached hydrogen (secondary N) is 3. The molecule has 0 unspecified atom stereocenters. The lowest BCUT2D eigenvalue weighted by molar-refractivity contribution is -0.898. The van der Waals surface area contributed by atoms with Crippen LogP contribution < -0.4 is 25.2 Å². The Hall–Kier alpha value is -2.35. The Balaban J connectivity index is 1.54. The Morgan fingerprint density at radius 1 is 1.16 bits per heavy atom. The van der Waals surface area contributed by atoms with E-state index in [1.165, 1.54) is 0 Å². The number of likely N-dealkylation sites (N-methyl/N-ethyl adjacent to an activating group) is 1. The zero-order valence-corrected chi connectivity index (χ0v) is 19.6. The minimum atomic E-state index is -0.279. The largest absolute Gasteiger partial charge is 0.494 e. The van der Waals surface area contributed by atoms with Crippen molar-refractivity contribution < 1.29 is 14.4 Å². The van der Waals surface area contributed by atoms with Gasteiger partial charge in [0.2, 0.25) is 0 Å². The van der Waals surface area contributed by atoms with Crippen LogP contribution in [-0.4, -0.2) is 50.4 Å². The molecular weight excluding hydrogens is 432 g/mol. The summed E-state index contributed by atoms with van der Waals surface area (Å²) in [6, 6.07) is 12.8. The third kappa shape index (κ3) is 6.56. The van der Waals surface area contributed by atoms with E-state index in [0.29, 0.717) is 17.2 Å². The summed E-state index contributed by atoms with van der Waals surface area (Å²) in [4.78, 5) is 16.4. The predicted octanol–water partition coefficient (Wildman–Crippen LogP) is 2.98. The highest BCUT2D eigenvalue weighted by Crippen LogP contribution is 2.29. The Kier molecular flexibility index (Phi) is 8.51. The number of quaternary nitrogens is 1. The summed E-state index contributed by atoms with van der Waals surface area (Å²) in [6.07, 6.45) is 0.934. The highest BCUT2D eigenvalue weighted by atomic mass is 35.5. The molecule has 1 heterocycles. The van der Waals surface area contributed by atoms with Gasteiger partial charge in [0.15, 0.2) is 5.11 Å². The number of piperazine rings is 1. The Morgan fingerprint density at radius 3 is 2.48 bits per heavy atom. The zero-order valence-electron chi connectivity index (χ0n) is 18.0. The summed E-state index contributed by atoms with van der Waals surface area (Å²) >= 11 is 11.8. The second-order valence-electron chi connectivity index (χ2n) is 7.54. The van der Waals surface area contributed by atoms with Crippen molar-refractivity contribution in [2.75, 3.05) is 49.5 Å². The number of nitrogens with zero attached hydrogens (tertiary/aromatic N) is 1. The molecule has 1 fully saturated rings. The number of carbonyl (C=O) groups excluding carboxylic acids is 1. The first-order valence-electron chi connectivity index (χ1n) is 10.7. The Bertz CT molecular complexity index is 899. The molecule has 6 nitrogen and oxygen atoms in total. The molecule has 1 aliphatic heterocycles. The van der Waals surface area contributed by atoms with E-state index in [9.17, 15) is 4.79 Å². The Morgan fingerprint density at radius 2 is 1.87 bits per heavy atom. The average Bonchev–Trinajstić information content (AvgIpc) is 2.78. The van der Waals surface area contributed by atoms with Crippen molar-refractivity contribution in [3.63, 3.8) is 0 Å². The molecule has 0 radical (unpaired) electrons. The number of carbonyl (C=O) groups is 1. The number of benzene rings is 2. The van der Waals surface area contributed by atoms with Gasteiger partial charge >= 0.3 is 0 Å². The van der Waals surface area contributed by atoms with Gasteiger partial charge in [-0.3, -0.25) is 10.1 Å². The molecule has 0 spiro atoms. The van der Waals surface area contributed by atoms with Gasteiger partial charge in [-0.2, -0.15) is 0 Å². The van der Waals surface area contributed by atoms with Crippen LogP contribution >= 0.6 is 23.8 Å². The minimum absolute atomic E-state index is 0.222. The van der Waals surface area contributed by atoms with E-state index in [1.807, 2.05) is 25.1 Å². The fourth-order valence-electron chi connectivity index (χ4n) is 3.52. The van der Waals surface area contributed by atoms with E-state index in [0.717, 1.165) is 56.3 Å². The van der Waals surface area contributed by atoms with Gasteiger partial charge in [-0.15, -0.1) is 0 Å². The fraction of sp³-hybridized carbons (Fsp3) is 0.391. The van der Waals surface area contributed by atoms with Crippen LogP contribution in [0.2, 0.25) is 5.02 Å². The van der Waals surface area contributed by atoms with Gasteiger partial charge in [0.25, 0.3) is 5.91 Å². The van der Waals surface area contributed by atoms with Crippen molar-refractivity contribution in [2.24, 2.45) is 0 Å². The van der Waals surface area contributed by atoms with E-state index in [-0.39, 0.29) is 11.0 Å².